The number of halogens is 2. The first-order valence-corrected chi connectivity index (χ1v) is 7.28. The minimum absolute atomic E-state index is 0.0492. The summed E-state index contributed by atoms with van der Waals surface area (Å²) in [7, 11) is 0. The molecule has 26 heavy (non-hydrogen) atoms. The van der Waals surface area contributed by atoms with Crippen molar-refractivity contribution in [2.45, 2.75) is 0 Å². The summed E-state index contributed by atoms with van der Waals surface area (Å²) in [6.07, 6.45) is 0. The van der Waals surface area contributed by atoms with Crippen LogP contribution in [0.15, 0.2) is 52.1 Å². The molecule has 4 N–H and O–H groups in total. The number of hydrogen-bond donors (Lipinski definition) is 4. The molecule has 0 atom stereocenters. The number of aromatic hydroxyl groups is 1. The van der Waals surface area contributed by atoms with Crippen LogP contribution in [0.2, 0.25) is 0 Å². The van der Waals surface area contributed by atoms with Gasteiger partial charge in [0.15, 0.2) is 0 Å². The minimum atomic E-state index is -1.10. The van der Waals surface area contributed by atoms with E-state index in [1.54, 1.807) is 6.07 Å². The highest BCUT2D eigenvalue weighted by molar-refractivity contribution is 6.01. The summed E-state index contributed by atoms with van der Waals surface area (Å²) in [5.41, 5.74) is -2.67. The Labute approximate surface area is 143 Å². The molecule has 0 aliphatic heterocycles. The number of aromatic nitrogens is 1. The average molecular weight is 359 g/mol. The molecule has 2 amide bonds. The zero-order chi connectivity index (χ0) is 18.8. The molecule has 0 spiro atoms. The fraction of sp³-hybridized carbons (Fsp3) is 0. The number of urea groups is 1. The highest BCUT2D eigenvalue weighted by Crippen LogP contribution is 2.18. The van der Waals surface area contributed by atoms with Gasteiger partial charge in [-0.3, -0.25) is 9.59 Å². The predicted molar refractivity (Wildman–Crippen MR) is 91.5 cm³/mol. The van der Waals surface area contributed by atoms with Gasteiger partial charge in [-0.15, -0.1) is 0 Å². The van der Waals surface area contributed by atoms with Crippen LogP contribution < -0.4 is 21.6 Å². The molecular weight excluding hydrogens is 348 g/mol. The number of anilines is 2. The second kappa shape index (κ2) is 6.63. The van der Waals surface area contributed by atoms with E-state index < -0.39 is 40.1 Å². The van der Waals surface area contributed by atoms with E-state index in [4.69, 9.17) is 0 Å². The van der Waals surface area contributed by atoms with Gasteiger partial charge >= 0.3 is 6.03 Å². The molecule has 7 nitrogen and oxygen atoms in total. The van der Waals surface area contributed by atoms with Crippen molar-refractivity contribution in [1.29, 1.82) is 0 Å². The number of H-pyrrole nitrogens is 1. The molecule has 132 valence electrons. The molecule has 1 heterocycles. The van der Waals surface area contributed by atoms with Gasteiger partial charge in [-0.25, -0.2) is 13.6 Å². The van der Waals surface area contributed by atoms with Crippen molar-refractivity contribution in [1.82, 2.24) is 4.98 Å². The highest BCUT2D eigenvalue weighted by atomic mass is 19.1. The summed E-state index contributed by atoms with van der Waals surface area (Å²) in [4.78, 5) is 38.8. The lowest BCUT2D eigenvalue weighted by atomic mass is 10.2. The van der Waals surface area contributed by atoms with Crippen LogP contribution in [0.4, 0.5) is 25.0 Å². The molecule has 0 unspecified atom stereocenters. The first-order chi connectivity index (χ1) is 12.4. The summed E-state index contributed by atoms with van der Waals surface area (Å²) >= 11 is 0. The molecule has 1 aromatic heterocycles. The Morgan fingerprint density at radius 1 is 1.04 bits per heavy atom. The normalized spacial score (nSPS) is 10.5. The molecule has 0 saturated heterocycles. The zero-order valence-corrected chi connectivity index (χ0v) is 13.0. The van der Waals surface area contributed by atoms with E-state index in [0.29, 0.717) is 6.07 Å². The van der Waals surface area contributed by atoms with Crippen molar-refractivity contribution in [2.24, 2.45) is 0 Å². The second-order valence-electron chi connectivity index (χ2n) is 5.26. The Morgan fingerprint density at radius 2 is 1.77 bits per heavy atom. The number of benzene rings is 2. The van der Waals surface area contributed by atoms with E-state index in [0.717, 1.165) is 12.1 Å². The maximum Gasteiger partial charge on any atom is 0.323 e. The Morgan fingerprint density at radius 3 is 2.50 bits per heavy atom. The fourth-order valence-corrected chi connectivity index (χ4v) is 2.30. The van der Waals surface area contributed by atoms with E-state index in [1.165, 1.54) is 18.2 Å². The Bertz CT molecular complexity index is 1140. The van der Waals surface area contributed by atoms with Gasteiger partial charge in [0.2, 0.25) is 11.2 Å². The molecule has 9 heteroatoms. The van der Waals surface area contributed by atoms with Crippen LogP contribution in [-0.4, -0.2) is 16.1 Å². The summed E-state index contributed by atoms with van der Waals surface area (Å²) in [6.45, 7) is 0. The minimum Gasteiger partial charge on any atom is -0.501 e. The Kier molecular flexibility index (Phi) is 4.36. The van der Waals surface area contributed by atoms with Crippen molar-refractivity contribution in [3.05, 3.63) is 74.7 Å². The van der Waals surface area contributed by atoms with E-state index in [9.17, 15) is 28.3 Å². The number of fused-ring (bicyclic) bond motifs is 1. The molecule has 0 fully saturated rings. The number of carbonyl (C=O) groups excluding carboxylic acids is 1. The third kappa shape index (κ3) is 3.22. The lowest BCUT2D eigenvalue weighted by molar-refractivity contribution is 0.262. The van der Waals surface area contributed by atoms with Crippen LogP contribution in [0.25, 0.3) is 10.9 Å². The van der Waals surface area contributed by atoms with Crippen LogP contribution >= 0.6 is 0 Å². The number of carbonyl (C=O) groups is 1. The van der Waals surface area contributed by atoms with Gasteiger partial charge < -0.3 is 20.7 Å². The monoisotopic (exact) mass is 359 g/mol. The Balaban J connectivity index is 2.02. The topological polar surface area (TPSA) is 111 Å². The van der Waals surface area contributed by atoms with E-state index in [-0.39, 0.29) is 16.6 Å². The molecular formula is C17H11F2N3O4. The van der Waals surface area contributed by atoms with Crippen molar-refractivity contribution >= 4 is 28.3 Å². The van der Waals surface area contributed by atoms with Gasteiger partial charge in [-0.2, -0.15) is 0 Å². The molecule has 3 aromatic rings. The summed E-state index contributed by atoms with van der Waals surface area (Å²) < 4.78 is 26.5. The third-order valence-corrected chi connectivity index (χ3v) is 3.52. The molecule has 0 aliphatic carbocycles. The maximum absolute atomic E-state index is 13.6. The average Bonchev–Trinajstić information content (AvgIpc) is 2.69. The molecule has 3 rings (SSSR count). The van der Waals surface area contributed by atoms with Gasteiger partial charge in [0.05, 0.1) is 11.2 Å². The number of nitrogens with one attached hydrogen (secondary N) is 3. The van der Waals surface area contributed by atoms with Crippen molar-refractivity contribution in [3.63, 3.8) is 0 Å². The van der Waals surface area contributed by atoms with Gasteiger partial charge in [-0.1, -0.05) is 12.1 Å². The third-order valence-electron chi connectivity index (χ3n) is 3.52. The largest absolute Gasteiger partial charge is 0.501 e. The van der Waals surface area contributed by atoms with Crippen molar-refractivity contribution in [2.75, 3.05) is 10.6 Å². The highest BCUT2D eigenvalue weighted by Gasteiger charge is 2.16. The smallest absolute Gasteiger partial charge is 0.323 e. The fourth-order valence-electron chi connectivity index (χ4n) is 2.30. The molecule has 0 saturated carbocycles. The van der Waals surface area contributed by atoms with Crippen LogP contribution in [-0.2, 0) is 0 Å². The van der Waals surface area contributed by atoms with Crippen molar-refractivity contribution in [3.8, 4) is 5.75 Å². The SMILES string of the molecule is O=C(Nc1ccc(F)cc1F)Nc1c(O)c(=O)[nH]c2ccccc2c1=O. The summed E-state index contributed by atoms with van der Waals surface area (Å²) in [5, 5.41) is 14.1. The van der Waals surface area contributed by atoms with E-state index in [2.05, 4.69) is 10.3 Å². The van der Waals surface area contributed by atoms with Crippen molar-refractivity contribution < 1.29 is 18.7 Å². The number of aromatic amines is 1. The number of amides is 2. The number of hydrogen-bond acceptors (Lipinski definition) is 4. The number of rotatable bonds is 2. The maximum atomic E-state index is 13.6. The lowest BCUT2D eigenvalue weighted by Crippen LogP contribution is -2.24. The number of para-hydroxylation sites is 1. The van der Waals surface area contributed by atoms with Crippen LogP contribution in [0.5, 0.6) is 5.75 Å². The lowest BCUT2D eigenvalue weighted by Gasteiger charge is -2.08. The summed E-state index contributed by atoms with van der Waals surface area (Å²) in [5.74, 6) is -2.87. The van der Waals surface area contributed by atoms with Crippen LogP contribution in [0.1, 0.15) is 0 Å². The van der Waals surface area contributed by atoms with Crippen LogP contribution in [0.3, 0.4) is 0 Å². The zero-order valence-electron chi connectivity index (χ0n) is 13.0. The first-order valence-electron chi connectivity index (χ1n) is 7.28. The molecule has 0 radical (unpaired) electrons. The second-order valence-corrected chi connectivity index (χ2v) is 5.26. The van der Waals surface area contributed by atoms with E-state index >= 15 is 0 Å². The molecule has 2 aromatic carbocycles. The van der Waals surface area contributed by atoms with Gasteiger partial charge in [-0.05, 0) is 24.3 Å². The van der Waals surface area contributed by atoms with Gasteiger partial charge in [0.1, 0.15) is 17.3 Å². The summed E-state index contributed by atoms with van der Waals surface area (Å²) in [6, 6.07) is 7.34. The van der Waals surface area contributed by atoms with Crippen LogP contribution in [0, 0.1) is 11.6 Å². The quantitative estimate of drug-likeness (QED) is 0.563. The standard InChI is InChI=1S/C17H11F2N3O4/c18-8-5-6-12(10(19)7-8)21-17(26)22-13-14(23)9-3-1-2-4-11(9)20-16(25)15(13)24/h1-7H,(H4,20,21,22,23,24,25,26). The first kappa shape index (κ1) is 17.1. The van der Waals surface area contributed by atoms with Gasteiger partial charge in [0.25, 0.3) is 5.56 Å². The van der Waals surface area contributed by atoms with E-state index in [1.807, 2.05) is 5.32 Å². The Hall–Kier alpha value is -3.75. The van der Waals surface area contributed by atoms with Gasteiger partial charge in [0, 0.05) is 11.5 Å². The molecule has 0 aliphatic rings. The predicted octanol–water partition coefficient (Wildman–Crippen LogP) is 2.52. The molecule has 0 bridgehead atoms.